The summed E-state index contributed by atoms with van der Waals surface area (Å²) in [5.74, 6) is -0.288. The van der Waals surface area contributed by atoms with Gasteiger partial charge in [0.2, 0.25) is 11.8 Å². The van der Waals surface area contributed by atoms with Crippen LogP contribution in [0.3, 0.4) is 0 Å². The summed E-state index contributed by atoms with van der Waals surface area (Å²) >= 11 is 12.3. The van der Waals surface area contributed by atoms with Crippen LogP contribution in [-0.4, -0.2) is 29.3 Å². The van der Waals surface area contributed by atoms with Crippen LogP contribution in [0, 0.1) is 13.8 Å². The highest BCUT2D eigenvalue weighted by Crippen LogP contribution is 2.24. The lowest BCUT2D eigenvalue weighted by Crippen LogP contribution is -2.48. The van der Waals surface area contributed by atoms with E-state index in [1.54, 1.807) is 30.0 Å². The molecular weight excluding hydrogens is 419 g/mol. The summed E-state index contributed by atoms with van der Waals surface area (Å²) in [5.41, 5.74) is 3.99. The van der Waals surface area contributed by atoms with Crippen LogP contribution < -0.4 is 5.32 Å². The van der Waals surface area contributed by atoms with E-state index in [2.05, 4.69) is 12.2 Å². The van der Waals surface area contributed by atoms with Gasteiger partial charge < -0.3 is 10.2 Å². The average Bonchev–Trinajstić information content (AvgIpc) is 2.69. The number of aryl methyl sites for hydroxylation is 2. The number of amides is 2. The van der Waals surface area contributed by atoms with Gasteiger partial charge in [-0.2, -0.15) is 0 Å². The molecule has 30 heavy (non-hydrogen) atoms. The van der Waals surface area contributed by atoms with Gasteiger partial charge in [-0.25, -0.2) is 0 Å². The number of rotatable bonds is 9. The Kier molecular flexibility index (Phi) is 9.19. The molecule has 6 heteroatoms. The first-order valence-electron chi connectivity index (χ1n) is 10.3. The van der Waals surface area contributed by atoms with Gasteiger partial charge in [0.15, 0.2) is 0 Å². The average molecular weight is 449 g/mol. The first kappa shape index (κ1) is 24.2. The molecule has 0 saturated carbocycles. The van der Waals surface area contributed by atoms with Crippen LogP contribution in [0.15, 0.2) is 36.4 Å². The Bertz CT molecular complexity index is 899. The van der Waals surface area contributed by atoms with E-state index in [9.17, 15) is 9.59 Å². The molecule has 0 aliphatic rings. The van der Waals surface area contributed by atoms with E-state index >= 15 is 0 Å². The number of halogens is 2. The van der Waals surface area contributed by atoms with Crippen molar-refractivity contribution in [3.63, 3.8) is 0 Å². The Hall–Kier alpha value is -2.04. The van der Waals surface area contributed by atoms with Gasteiger partial charge >= 0.3 is 0 Å². The molecule has 0 aromatic heterocycles. The summed E-state index contributed by atoms with van der Waals surface area (Å²) in [6, 6.07) is 10.6. The molecule has 1 N–H and O–H groups in total. The fourth-order valence-electron chi connectivity index (χ4n) is 3.14. The summed E-state index contributed by atoms with van der Waals surface area (Å²) in [6.07, 6.45) is 2.11. The second-order valence-electron chi connectivity index (χ2n) is 7.67. The number of benzene rings is 2. The zero-order valence-corrected chi connectivity index (χ0v) is 19.6. The molecule has 2 rings (SSSR count). The van der Waals surface area contributed by atoms with E-state index in [4.69, 9.17) is 23.2 Å². The Morgan fingerprint density at radius 1 is 1.07 bits per heavy atom. The van der Waals surface area contributed by atoms with Crippen molar-refractivity contribution in [1.82, 2.24) is 10.2 Å². The molecule has 2 aromatic carbocycles. The van der Waals surface area contributed by atoms with E-state index in [1.165, 1.54) is 5.56 Å². The van der Waals surface area contributed by atoms with Gasteiger partial charge in [-0.15, -0.1) is 0 Å². The van der Waals surface area contributed by atoms with Gasteiger partial charge in [0.05, 0.1) is 6.42 Å². The number of hydrogen-bond donors (Lipinski definition) is 1. The van der Waals surface area contributed by atoms with Gasteiger partial charge in [0, 0.05) is 23.1 Å². The minimum atomic E-state index is -0.618. The highest BCUT2D eigenvalue weighted by atomic mass is 35.5. The van der Waals surface area contributed by atoms with E-state index in [-0.39, 0.29) is 24.8 Å². The minimum Gasteiger partial charge on any atom is -0.354 e. The monoisotopic (exact) mass is 448 g/mol. The number of nitrogens with zero attached hydrogens (tertiary/aromatic N) is 1. The Balaban J connectivity index is 2.25. The molecule has 0 radical (unpaired) electrons. The topological polar surface area (TPSA) is 49.4 Å². The van der Waals surface area contributed by atoms with E-state index in [0.29, 0.717) is 16.6 Å². The lowest BCUT2D eigenvalue weighted by Gasteiger charge is -2.29. The second-order valence-corrected chi connectivity index (χ2v) is 8.52. The van der Waals surface area contributed by atoms with Crippen LogP contribution in [0.25, 0.3) is 0 Å². The molecule has 2 aromatic rings. The normalized spacial score (nSPS) is 11.8. The molecule has 0 fully saturated rings. The highest BCUT2D eigenvalue weighted by molar-refractivity contribution is 6.35. The summed E-state index contributed by atoms with van der Waals surface area (Å²) in [6.45, 7) is 8.72. The van der Waals surface area contributed by atoms with Crippen LogP contribution in [0.1, 0.15) is 48.9 Å². The lowest BCUT2D eigenvalue weighted by molar-refractivity contribution is -0.140. The van der Waals surface area contributed by atoms with Crippen molar-refractivity contribution < 1.29 is 9.59 Å². The Morgan fingerprint density at radius 3 is 2.43 bits per heavy atom. The second kappa shape index (κ2) is 11.4. The van der Waals surface area contributed by atoms with Gasteiger partial charge in [0.25, 0.3) is 0 Å². The molecule has 0 bridgehead atoms. The predicted octanol–water partition coefficient (Wildman–Crippen LogP) is 5.49. The number of nitrogens with one attached hydrogen (secondary N) is 1. The molecular formula is C24H30Cl2N2O2. The smallest absolute Gasteiger partial charge is 0.242 e. The molecule has 1 unspecified atom stereocenters. The van der Waals surface area contributed by atoms with Crippen molar-refractivity contribution in [1.29, 1.82) is 0 Å². The number of carbonyl (C=O) groups excluding carboxylic acids is 2. The summed E-state index contributed by atoms with van der Waals surface area (Å²) < 4.78 is 0. The van der Waals surface area contributed by atoms with E-state index in [1.807, 2.05) is 32.0 Å². The highest BCUT2D eigenvalue weighted by Gasteiger charge is 2.26. The van der Waals surface area contributed by atoms with Gasteiger partial charge in [-0.05, 0) is 61.6 Å². The SMILES string of the molecule is CCCCNC(=O)C(C)N(Cc1ccc(Cl)cc1Cl)C(=O)Cc1ccc(C)c(C)c1. The van der Waals surface area contributed by atoms with Crippen molar-refractivity contribution in [3.8, 4) is 0 Å². The molecule has 4 nitrogen and oxygen atoms in total. The minimum absolute atomic E-state index is 0.123. The van der Waals surface area contributed by atoms with Gasteiger partial charge in [-0.3, -0.25) is 9.59 Å². The van der Waals surface area contributed by atoms with Gasteiger partial charge in [0.1, 0.15) is 6.04 Å². The molecule has 0 aliphatic carbocycles. The Labute approximate surface area is 189 Å². The van der Waals surface area contributed by atoms with E-state index in [0.717, 1.165) is 29.5 Å². The third-order valence-electron chi connectivity index (χ3n) is 5.28. The van der Waals surface area contributed by atoms with Gasteiger partial charge in [-0.1, -0.05) is 60.8 Å². The molecule has 0 saturated heterocycles. The standard InChI is InChI=1S/C24H30Cl2N2O2/c1-5-6-11-27-24(30)18(4)28(15-20-9-10-21(25)14-22(20)26)23(29)13-19-8-7-16(2)17(3)12-19/h7-10,12,14,18H,5-6,11,13,15H2,1-4H3,(H,27,30). The fourth-order valence-corrected chi connectivity index (χ4v) is 3.61. The van der Waals surface area contributed by atoms with Crippen molar-refractivity contribution in [2.24, 2.45) is 0 Å². The van der Waals surface area contributed by atoms with Crippen LogP contribution in [0.4, 0.5) is 0 Å². The largest absolute Gasteiger partial charge is 0.354 e. The molecule has 0 heterocycles. The molecule has 162 valence electrons. The van der Waals surface area contributed by atoms with Crippen molar-refractivity contribution in [2.45, 2.75) is 59.5 Å². The quantitative estimate of drug-likeness (QED) is 0.515. The van der Waals surface area contributed by atoms with E-state index < -0.39 is 6.04 Å². The van der Waals surface area contributed by atoms with Crippen molar-refractivity contribution >= 4 is 35.0 Å². The maximum Gasteiger partial charge on any atom is 0.242 e. The maximum atomic E-state index is 13.2. The number of hydrogen-bond acceptors (Lipinski definition) is 2. The molecule has 2 amide bonds. The Morgan fingerprint density at radius 2 is 1.80 bits per heavy atom. The first-order chi connectivity index (χ1) is 14.2. The number of unbranched alkanes of at least 4 members (excludes halogenated alkanes) is 1. The lowest BCUT2D eigenvalue weighted by atomic mass is 10.0. The molecule has 0 aliphatic heterocycles. The fraction of sp³-hybridized carbons (Fsp3) is 0.417. The third-order valence-corrected chi connectivity index (χ3v) is 5.87. The number of carbonyl (C=O) groups is 2. The first-order valence-corrected chi connectivity index (χ1v) is 11.1. The predicted molar refractivity (Wildman–Crippen MR) is 124 cm³/mol. The zero-order valence-electron chi connectivity index (χ0n) is 18.1. The van der Waals surface area contributed by atoms with Crippen molar-refractivity contribution in [3.05, 3.63) is 68.7 Å². The van der Waals surface area contributed by atoms with Crippen LogP contribution in [-0.2, 0) is 22.6 Å². The van der Waals surface area contributed by atoms with Crippen LogP contribution in [0.5, 0.6) is 0 Å². The molecule has 1 atom stereocenters. The summed E-state index contributed by atoms with van der Waals surface area (Å²) in [4.78, 5) is 27.5. The zero-order chi connectivity index (χ0) is 22.3. The summed E-state index contributed by atoms with van der Waals surface area (Å²) in [5, 5.41) is 3.93. The van der Waals surface area contributed by atoms with Crippen LogP contribution in [0.2, 0.25) is 10.0 Å². The molecule has 0 spiro atoms. The van der Waals surface area contributed by atoms with Crippen molar-refractivity contribution in [2.75, 3.05) is 6.54 Å². The third kappa shape index (κ3) is 6.75. The summed E-state index contributed by atoms with van der Waals surface area (Å²) in [7, 11) is 0. The maximum absolute atomic E-state index is 13.2. The van der Waals surface area contributed by atoms with Crippen LogP contribution >= 0.6 is 23.2 Å².